The van der Waals surface area contributed by atoms with Gasteiger partial charge in [0.1, 0.15) is 0 Å². The van der Waals surface area contributed by atoms with Crippen LogP contribution in [0.5, 0.6) is 0 Å². The van der Waals surface area contributed by atoms with Gasteiger partial charge in [0.05, 0.1) is 0 Å². The molecule has 1 saturated carbocycles. The Morgan fingerprint density at radius 2 is 2.05 bits per heavy atom. The van der Waals surface area contributed by atoms with Crippen LogP contribution in [0.3, 0.4) is 0 Å². The molecule has 0 atom stereocenters. The summed E-state index contributed by atoms with van der Waals surface area (Å²) in [6.45, 7) is 0. The summed E-state index contributed by atoms with van der Waals surface area (Å²) in [6, 6.07) is 6.96. The third-order valence-corrected chi connectivity index (χ3v) is 3.18. The highest BCUT2D eigenvalue weighted by Crippen LogP contribution is 2.30. The lowest BCUT2D eigenvalue weighted by atomic mass is 10.1. The van der Waals surface area contributed by atoms with Gasteiger partial charge in [-0.05, 0) is 36.4 Å². The molecule has 1 aliphatic carbocycles. The number of rotatable bonds is 3. The lowest BCUT2D eigenvalue weighted by Gasteiger charge is -2.07. The highest BCUT2D eigenvalue weighted by molar-refractivity contribution is 6.04. The van der Waals surface area contributed by atoms with Gasteiger partial charge in [-0.25, -0.2) is 9.78 Å². The summed E-state index contributed by atoms with van der Waals surface area (Å²) in [5.41, 5.74) is 0.611. The Morgan fingerprint density at radius 1 is 1.26 bits per heavy atom. The number of anilines is 1. The fourth-order valence-electron chi connectivity index (χ4n) is 2.01. The Balaban J connectivity index is 2.00. The summed E-state index contributed by atoms with van der Waals surface area (Å²) < 4.78 is 0. The van der Waals surface area contributed by atoms with Gasteiger partial charge in [-0.15, -0.1) is 0 Å². The minimum absolute atomic E-state index is 0.0000194. The number of aromatic nitrogens is 1. The van der Waals surface area contributed by atoms with Crippen LogP contribution in [-0.4, -0.2) is 22.0 Å². The minimum Gasteiger partial charge on any atom is -0.476 e. The average molecular weight is 256 g/mol. The van der Waals surface area contributed by atoms with Crippen molar-refractivity contribution in [1.29, 1.82) is 0 Å². The van der Waals surface area contributed by atoms with Crippen molar-refractivity contribution in [3.05, 3.63) is 36.2 Å². The molecule has 3 rings (SSSR count). The van der Waals surface area contributed by atoms with Gasteiger partial charge in [-0.2, -0.15) is 0 Å². The fraction of sp³-hybridized carbons (Fsp3) is 0.214. The van der Waals surface area contributed by atoms with E-state index in [0.29, 0.717) is 11.1 Å². The second-order valence-electron chi connectivity index (χ2n) is 4.66. The van der Waals surface area contributed by atoms with Gasteiger partial charge < -0.3 is 10.4 Å². The Kier molecular flexibility index (Phi) is 2.67. The average Bonchev–Trinajstić information content (AvgIpc) is 3.22. The van der Waals surface area contributed by atoms with Gasteiger partial charge in [0.25, 0.3) is 0 Å². The van der Waals surface area contributed by atoms with Crippen LogP contribution in [0.1, 0.15) is 23.3 Å². The van der Waals surface area contributed by atoms with E-state index in [9.17, 15) is 9.59 Å². The normalized spacial score (nSPS) is 14.3. The molecule has 0 bridgehead atoms. The molecule has 1 heterocycles. The number of benzene rings is 1. The number of nitrogens with one attached hydrogen (secondary N) is 1. The Bertz CT molecular complexity index is 677. The van der Waals surface area contributed by atoms with Gasteiger partial charge in [-0.1, -0.05) is 6.07 Å². The van der Waals surface area contributed by atoms with E-state index in [2.05, 4.69) is 10.3 Å². The van der Waals surface area contributed by atoms with Crippen LogP contribution < -0.4 is 5.32 Å². The Morgan fingerprint density at radius 3 is 2.74 bits per heavy atom. The molecule has 1 amide bonds. The van der Waals surface area contributed by atoms with E-state index in [-0.39, 0.29) is 17.5 Å². The van der Waals surface area contributed by atoms with Gasteiger partial charge >= 0.3 is 5.97 Å². The molecule has 2 N–H and O–H groups in total. The van der Waals surface area contributed by atoms with Crippen LogP contribution in [0.4, 0.5) is 5.69 Å². The smallest absolute Gasteiger partial charge is 0.355 e. The predicted molar refractivity (Wildman–Crippen MR) is 70.1 cm³/mol. The molecule has 0 saturated heterocycles. The number of carbonyl (C=O) groups excluding carboxylic acids is 1. The zero-order chi connectivity index (χ0) is 13.4. The molecule has 0 spiro atoms. The van der Waals surface area contributed by atoms with Gasteiger partial charge in [0.2, 0.25) is 5.91 Å². The zero-order valence-corrected chi connectivity index (χ0v) is 10.1. The summed E-state index contributed by atoms with van der Waals surface area (Å²) in [4.78, 5) is 26.7. The summed E-state index contributed by atoms with van der Waals surface area (Å²) in [7, 11) is 0. The standard InChI is InChI=1S/C14H12N2O3/c17-13(9-1-2-9)16-10-4-3-8-5-6-15-12(14(18)19)11(8)7-10/h3-7,9H,1-2H2,(H,16,17)(H,18,19). The SMILES string of the molecule is O=C(O)c1nccc2ccc(NC(=O)C3CC3)cc12. The molecule has 5 nitrogen and oxygen atoms in total. The second-order valence-corrected chi connectivity index (χ2v) is 4.66. The number of hydrogen-bond acceptors (Lipinski definition) is 3. The highest BCUT2D eigenvalue weighted by Gasteiger charge is 2.29. The fourth-order valence-corrected chi connectivity index (χ4v) is 2.01. The molecule has 0 aliphatic heterocycles. The van der Waals surface area contributed by atoms with Crippen LogP contribution in [0.25, 0.3) is 10.8 Å². The lowest BCUT2D eigenvalue weighted by molar-refractivity contribution is -0.117. The minimum atomic E-state index is -1.07. The van der Waals surface area contributed by atoms with E-state index in [4.69, 9.17) is 5.11 Å². The van der Waals surface area contributed by atoms with E-state index in [1.54, 1.807) is 24.3 Å². The monoisotopic (exact) mass is 256 g/mol. The van der Waals surface area contributed by atoms with Crippen molar-refractivity contribution in [2.75, 3.05) is 5.32 Å². The van der Waals surface area contributed by atoms with Crippen molar-refractivity contribution in [3.63, 3.8) is 0 Å². The summed E-state index contributed by atoms with van der Waals surface area (Å²) in [5, 5.41) is 13.2. The third kappa shape index (κ3) is 2.27. The molecule has 96 valence electrons. The number of carbonyl (C=O) groups is 2. The molecule has 1 fully saturated rings. The predicted octanol–water partition coefficient (Wildman–Crippen LogP) is 2.28. The number of nitrogens with zero attached hydrogens (tertiary/aromatic N) is 1. The molecule has 1 aliphatic rings. The molecule has 19 heavy (non-hydrogen) atoms. The van der Waals surface area contributed by atoms with Crippen LogP contribution in [0.15, 0.2) is 30.5 Å². The van der Waals surface area contributed by atoms with Crippen molar-refractivity contribution in [3.8, 4) is 0 Å². The summed E-state index contributed by atoms with van der Waals surface area (Å²) in [6.07, 6.45) is 3.33. The third-order valence-electron chi connectivity index (χ3n) is 3.18. The Hall–Kier alpha value is -2.43. The first-order valence-electron chi connectivity index (χ1n) is 6.08. The number of pyridine rings is 1. The first kappa shape index (κ1) is 11.6. The molecule has 2 aromatic rings. The zero-order valence-electron chi connectivity index (χ0n) is 10.1. The quantitative estimate of drug-likeness (QED) is 0.883. The largest absolute Gasteiger partial charge is 0.476 e. The van der Waals surface area contributed by atoms with Gasteiger partial charge in [-0.3, -0.25) is 4.79 Å². The van der Waals surface area contributed by atoms with E-state index in [1.807, 2.05) is 0 Å². The number of fused-ring (bicyclic) bond motifs is 1. The first-order valence-corrected chi connectivity index (χ1v) is 6.08. The number of aromatic carboxylic acids is 1. The summed E-state index contributed by atoms with van der Waals surface area (Å²) in [5.74, 6) is -0.958. The van der Waals surface area contributed by atoms with E-state index >= 15 is 0 Å². The molecule has 0 unspecified atom stereocenters. The number of carboxylic acid groups (broad SMARTS) is 1. The maximum absolute atomic E-state index is 11.7. The topological polar surface area (TPSA) is 79.3 Å². The highest BCUT2D eigenvalue weighted by atomic mass is 16.4. The summed E-state index contributed by atoms with van der Waals surface area (Å²) >= 11 is 0. The molecule has 1 aromatic heterocycles. The van der Waals surface area contributed by atoms with Crippen LogP contribution in [0.2, 0.25) is 0 Å². The molecular weight excluding hydrogens is 244 g/mol. The van der Waals surface area contributed by atoms with E-state index < -0.39 is 5.97 Å². The number of amides is 1. The van der Waals surface area contributed by atoms with Crippen LogP contribution in [0, 0.1) is 5.92 Å². The maximum atomic E-state index is 11.7. The van der Waals surface area contributed by atoms with Crippen molar-refractivity contribution in [1.82, 2.24) is 4.98 Å². The number of carboxylic acids is 1. The number of hydrogen-bond donors (Lipinski definition) is 2. The van der Waals surface area contributed by atoms with Crippen molar-refractivity contribution < 1.29 is 14.7 Å². The van der Waals surface area contributed by atoms with Gasteiger partial charge in [0.15, 0.2) is 5.69 Å². The van der Waals surface area contributed by atoms with Crippen LogP contribution >= 0.6 is 0 Å². The van der Waals surface area contributed by atoms with Crippen LogP contribution in [-0.2, 0) is 4.79 Å². The molecule has 5 heteroatoms. The Labute approximate surface area is 109 Å². The van der Waals surface area contributed by atoms with Gasteiger partial charge in [0, 0.05) is 23.2 Å². The second kappa shape index (κ2) is 4.35. The lowest BCUT2D eigenvalue weighted by Crippen LogP contribution is -2.13. The molecule has 0 radical (unpaired) electrons. The molecule has 1 aromatic carbocycles. The first-order chi connectivity index (χ1) is 9.15. The van der Waals surface area contributed by atoms with Crippen molar-refractivity contribution in [2.45, 2.75) is 12.8 Å². The van der Waals surface area contributed by atoms with Crippen molar-refractivity contribution >= 4 is 28.3 Å². The van der Waals surface area contributed by atoms with E-state index in [1.165, 1.54) is 6.20 Å². The van der Waals surface area contributed by atoms with E-state index in [0.717, 1.165) is 18.2 Å². The maximum Gasteiger partial charge on any atom is 0.355 e. The molecular formula is C14H12N2O3. The van der Waals surface area contributed by atoms with Crippen molar-refractivity contribution in [2.24, 2.45) is 5.92 Å².